The summed E-state index contributed by atoms with van der Waals surface area (Å²) in [5, 5.41) is 8.03. The highest BCUT2D eigenvalue weighted by Crippen LogP contribution is 2.36. The first-order valence-corrected chi connectivity index (χ1v) is 23.4. The quantitative estimate of drug-likeness (QED) is 0.137. The van der Waals surface area contributed by atoms with E-state index in [9.17, 15) is 23.6 Å². The van der Waals surface area contributed by atoms with Crippen LogP contribution in [-0.4, -0.2) is 116 Å². The zero-order valence-corrected chi connectivity index (χ0v) is 37.9. The number of benzene rings is 2. The molecule has 13 nitrogen and oxygen atoms in total. The molecule has 5 aliphatic rings. The molecule has 0 spiro atoms. The molecule has 4 aliphatic heterocycles. The lowest BCUT2D eigenvalue weighted by molar-refractivity contribution is -0.309. The average Bonchev–Trinajstić information content (AvgIpc) is 3.31. The second kappa shape index (κ2) is 19.5. The van der Waals surface area contributed by atoms with Crippen LogP contribution < -0.4 is 31.4 Å². The highest BCUT2D eigenvalue weighted by atomic mass is 19.1. The highest BCUT2D eigenvalue weighted by Gasteiger charge is 2.34. The number of carbonyl (C=O) groups excluding carboxylic acids is 3. The van der Waals surface area contributed by atoms with Crippen molar-refractivity contribution >= 4 is 40.9 Å². The Hall–Kier alpha value is -6.25. The number of halogens is 4. The maximum atomic E-state index is 15.8. The van der Waals surface area contributed by atoms with Gasteiger partial charge in [-0.25, -0.2) is 17.6 Å². The molecular weight excluding hydrogens is 867 g/mol. The van der Waals surface area contributed by atoms with Crippen LogP contribution in [0.1, 0.15) is 78.5 Å². The lowest BCUT2D eigenvalue weighted by Gasteiger charge is -2.39. The summed E-state index contributed by atoms with van der Waals surface area (Å²) in [6, 6.07) is 9.47. The Bertz CT molecular complexity index is 2610. The molecule has 4 saturated heterocycles. The summed E-state index contributed by atoms with van der Waals surface area (Å²) < 4.78 is 62.9. The fraction of sp³-hybridized carbons (Fsp3) is 0.460. The molecule has 0 saturated carbocycles. The Morgan fingerprint density at radius 3 is 2.25 bits per heavy atom. The Kier molecular flexibility index (Phi) is 13.4. The number of carbonyl (C=O) groups is 3. The molecule has 0 radical (unpaired) electrons. The molecule has 3 amide bonds. The zero-order valence-electron chi connectivity index (χ0n) is 37.9. The van der Waals surface area contributed by atoms with E-state index in [0.29, 0.717) is 94.5 Å². The van der Waals surface area contributed by atoms with E-state index in [0.717, 1.165) is 49.3 Å². The summed E-state index contributed by atoms with van der Waals surface area (Å²) in [5.74, 6) is -3.24. The van der Waals surface area contributed by atoms with E-state index in [2.05, 4.69) is 43.9 Å². The third-order valence-electron chi connectivity index (χ3n) is 14.4. The molecular formula is C50H56F4N9O4+. The number of nitrogens with one attached hydrogen (secondary N) is 3. The second-order valence-electron chi connectivity index (χ2n) is 18.7. The number of aromatic nitrogens is 2. The summed E-state index contributed by atoms with van der Waals surface area (Å²) in [7, 11) is 1.55. The van der Waals surface area contributed by atoms with Crippen LogP contribution >= 0.6 is 0 Å². The van der Waals surface area contributed by atoms with E-state index in [1.54, 1.807) is 30.1 Å². The number of pyridine rings is 1. The number of piperazine rings is 1. The predicted molar refractivity (Wildman–Crippen MR) is 245 cm³/mol. The van der Waals surface area contributed by atoms with Crippen LogP contribution in [0.15, 0.2) is 59.0 Å². The van der Waals surface area contributed by atoms with Crippen LogP contribution in [0.4, 0.5) is 34.6 Å². The van der Waals surface area contributed by atoms with Crippen LogP contribution in [0.25, 0.3) is 11.8 Å². The van der Waals surface area contributed by atoms with Gasteiger partial charge < -0.3 is 20.4 Å². The standard InChI is InChI=1S/C50H55F4N9O4/c1-30-21-42-36(44(7-12-56-42)63-29-40(54)43(55-2)26-47(63)65)22-34(30)28-59-13-10-32(11-14-59)48-38(52)23-33(24-39(48)53)50(67)62-15-8-31(9-16-62)27-60-17-19-61(20-18-60)45-5-3-35(25-37(45)51)57-41-4-6-46(64)58-49(41)66/h3,5,7,22-26,29-32,41,57H,4,6,8-11,13-21,27-28H2,1-2H3,(H-,55,58,64,65,66)/p+1. The van der Waals surface area contributed by atoms with Crippen molar-refractivity contribution in [3.63, 3.8) is 0 Å². The summed E-state index contributed by atoms with van der Waals surface area (Å²) in [6.07, 6.45) is 9.93. The first kappa shape index (κ1) is 45.9. The molecule has 2 atom stereocenters. The van der Waals surface area contributed by atoms with E-state index < -0.39 is 29.4 Å². The van der Waals surface area contributed by atoms with Crippen LogP contribution in [0.2, 0.25) is 0 Å². The first-order valence-electron chi connectivity index (χ1n) is 23.4. The molecule has 67 heavy (non-hydrogen) atoms. The van der Waals surface area contributed by atoms with Gasteiger partial charge in [0, 0.05) is 88.7 Å². The fourth-order valence-electron chi connectivity index (χ4n) is 10.5. The second-order valence-corrected chi connectivity index (χ2v) is 18.7. The molecule has 2 unspecified atom stereocenters. The van der Waals surface area contributed by atoms with E-state index in [1.807, 2.05) is 11.0 Å². The van der Waals surface area contributed by atoms with Crippen LogP contribution in [-0.2, 0) is 16.0 Å². The lowest BCUT2D eigenvalue weighted by Crippen LogP contribution is -2.49. The smallest absolute Gasteiger partial charge is 0.327 e. The monoisotopic (exact) mass is 922 g/mol. The number of imide groups is 1. The van der Waals surface area contributed by atoms with Crippen molar-refractivity contribution in [3.05, 3.63) is 116 Å². The van der Waals surface area contributed by atoms with Gasteiger partial charge in [0.1, 0.15) is 23.5 Å². The maximum absolute atomic E-state index is 15.8. The van der Waals surface area contributed by atoms with Crippen molar-refractivity contribution in [2.75, 3.05) is 88.0 Å². The molecule has 4 aromatic rings. The normalized spacial score (nSPS) is 21.1. The summed E-state index contributed by atoms with van der Waals surface area (Å²) in [6.45, 7) is 8.63. The Balaban J connectivity index is 0.742. The number of fused-ring (bicyclic) bond motifs is 1. The minimum Gasteiger partial charge on any atom is -0.386 e. The van der Waals surface area contributed by atoms with Gasteiger partial charge >= 0.3 is 11.9 Å². The third-order valence-corrected chi connectivity index (χ3v) is 14.4. The van der Waals surface area contributed by atoms with Crippen LogP contribution in [0, 0.1) is 41.3 Å². The molecule has 4 fully saturated rings. The fourth-order valence-corrected chi connectivity index (χ4v) is 10.5. The number of anilines is 3. The summed E-state index contributed by atoms with van der Waals surface area (Å²) in [4.78, 5) is 62.9. The molecule has 352 valence electrons. The zero-order chi connectivity index (χ0) is 46.9. The van der Waals surface area contributed by atoms with Gasteiger partial charge in [-0.05, 0) is 104 Å². The minimum atomic E-state index is -0.693. The Morgan fingerprint density at radius 2 is 1.57 bits per heavy atom. The first-order chi connectivity index (χ1) is 32.3. The van der Waals surface area contributed by atoms with Gasteiger partial charge in [-0.3, -0.25) is 38.9 Å². The van der Waals surface area contributed by atoms with Crippen molar-refractivity contribution in [3.8, 4) is 5.69 Å². The predicted octanol–water partition coefficient (Wildman–Crippen LogP) is 5.18. The van der Waals surface area contributed by atoms with Crippen LogP contribution in [0.3, 0.4) is 0 Å². The molecule has 6 heterocycles. The van der Waals surface area contributed by atoms with Crippen molar-refractivity contribution in [2.24, 2.45) is 11.8 Å². The van der Waals surface area contributed by atoms with Gasteiger partial charge in [-0.1, -0.05) is 12.5 Å². The molecule has 1 aliphatic carbocycles. The number of nitrogens with zero attached hydrogens (tertiary/aromatic N) is 6. The highest BCUT2D eigenvalue weighted by molar-refractivity contribution is 6.01. The summed E-state index contributed by atoms with van der Waals surface area (Å²) >= 11 is 0. The molecule has 0 bridgehead atoms. The topological polar surface area (TPSA) is 136 Å². The number of piperidine rings is 3. The van der Waals surface area contributed by atoms with Crippen LogP contribution in [0.5, 0.6) is 0 Å². The van der Waals surface area contributed by atoms with Gasteiger partial charge in [-0.2, -0.15) is 0 Å². The SMILES string of the molecule is CNc1cc(=O)n(-c2cc#[n+]c3c2C=C(CN2CCC(c4c(F)cc(C(=O)N5CCC(CN6CCN(c7ccc(NC8CCC(=O)NC8=O)cc7F)CC6)CC5)cc4F)CC2)C(C)C3)cc1F. The number of rotatable bonds is 11. The summed E-state index contributed by atoms with van der Waals surface area (Å²) in [5.41, 5.74) is 3.93. The van der Waals surface area contributed by atoms with Gasteiger partial charge in [0.2, 0.25) is 11.8 Å². The number of likely N-dealkylation sites (tertiary alicyclic amines) is 2. The van der Waals surface area contributed by atoms with Crippen molar-refractivity contribution < 1.29 is 36.9 Å². The molecule has 3 N–H and O–H groups in total. The number of hydrogen-bond donors (Lipinski definition) is 3. The molecule has 9 rings (SSSR count). The largest absolute Gasteiger partial charge is 0.386 e. The maximum Gasteiger partial charge on any atom is 0.327 e. The van der Waals surface area contributed by atoms with Crippen molar-refractivity contribution in [2.45, 2.75) is 63.8 Å². The Labute approximate surface area is 387 Å². The third kappa shape index (κ3) is 9.92. The van der Waals surface area contributed by atoms with Gasteiger partial charge in [-0.15, -0.1) is 0 Å². The van der Waals surface area contributed by atoms with Gasteiger partial charge in [0.15, 0.2) is 5.82 Å². The number of hydrogen-bond acceptors (Lipinski definition) is 9. The van der Waals surface area contributed by atoms with E-state index in [-0.39, 0.29) is 58.3 Å². The van der Waals surface area contributed by atoms with Gasteiger partial charge in [0.25, 0.3) is 11.5 Å². The van der Waals surface area contributed by atoms with Gasteiger partial charge in [0.05, 0.1) is 41.3 Å². The van der Waals surface area contributed by atoms with E-state index in [4.69, 9.17) is 0 Å². The lowest BCUT2D eigenvalue weighted by atomic mass is 9.85. The number of amides is 3. The minimum absolute atomic E-state index is 0.0192. The van der Waals surface area contributed by atoms with E-state index in [1.165, 1.54) is 35.0 Å². The average molecular weight is 923 g/mol. The van der Waals surface area contributed by atoms with E-state index >= 15 is 13.2 Å². The molecule has 17 heteroatoms. The molecule has 2 aromatic carbocycles. The Morgan fingerprint density at radius 1 is 0.836 bits per heavy atom. The van der Waals surface area contributed by atoms with Crippen molar-refractivity contribution in [1.82, 2.24) is 24.6 Å². The molecule has 2 aromatic heterocycles. The van der Waals surface area contributed by atoms with Crippen molar-refractivity contribution in [1.29, 1.82) is 0 Å².